The molecule has 0 spiro atoms. The predicted molar refractivity (Wildman–Crippen MR) is 90.7 cm³/mol. The second kappa shape index (κ2) is 7.35. The molecular formula is C19H24N2O4. The van der Waals surface area contributed by atoms with Gasteiger partial charge in [-0.15, -0.1) is 0 Å². The highest BCUT2D eigenvalue weighted by molar-refractivity contribution is 5.74. The summed E-state index contributed by atoms with van der Waals surface area (Å²) in [5, 5.41) is 3.24. The number of nitrogens with one attached hydrogen (secondary N) is 1. The van der Waals surface area contributed by atoms with E-state index in [9.17, 15) is 4.79 Å². The summed E-state index contributed by atoms with van der Waals surface area (Å²) in [7, 11) is 0. The largest absolute Gasteiger partial charge is 0.467 e. The van der Waals surface area contributed by atoms with E-state index >= 15 is 0 Å². The second-order valence-corrected chi connectivity index (χ2v) is 6.86. The minimum Gasteiger partial charge on any atom is -0.467 e. The van der Waals surface area contributed by atoms with Gasteiger partial charge >= 0.3 is 6.03 Å². The van der Waals surface area contributed by atoms with Gasteiger partial charge in [0, 0.05) is 18.6 Å². The standard InChI is InChI=1S/C19H24N2O4/c22-19(20-17-6-1-7-18-16(17)8-11-25-18)21(12-14-4-2-9-23-14)13-15-5-3-10-24-15/h2-5,9-10,16-18H,1,6-8,11-13H2,(H,20,22)/t16-,17-,18-/m1/s1. The zero-order valence-electron chi connectivity index (χ0n) is 14.2. The highest BCUT2D eigenvalue weighted by Crippen LogP contribution is 2.34. The minimum atomic E-state index is -0.0784. The average Bonchev–Trinajstić information content (AvgIpc) is 3.37. The Morgan fingerprint density at radius 1 is 1.08 bits per heavy atom. The smallest absolute Gasteiger partial charge is 0.318 e. The van der Waals surface area contributed by atoms with Crippen LogP contribution in [0.2, 0.25) is 0 Å². The fourth-order valence-corrected chi connectivity index (χ4v) is 3.99. The molecule has 4 rings (SSSR count). The van der Waals surface area contributed by atoms with Crippen molar-refractivity contribution < 1.29 is 18.4 Å². The van der Waals surface area contributed by atoms with Gasteiger partial charge in [-0.05, 0) is 49.9 Å². The first-order chi connectivity index (χ1) is 12.3. The van der Waals surface area contributed by atoms with E-state index in [1.165, 1.54) is 0 Å². The van der Waals surface area contributed by atoms with Crippen molar-refractivity contribution in [1.82, 2.24) is 10.2 Å². The third-order valence-electron chi connectivity index (χ3n) is 5.23. The Balaban J connectivity index is 1.44. The van der Waals surface area contributed by atoms with Crippen molar-refractivity contribution in [1.29, 1.82) is 0 Å². The molecule has 2 aromatic rings. The van der Waals surface area contributed by atoms with Crippen molar-refractivity contribution in [2.75, 3.05) is 6.61 Å². The third kappa shape index (κ3) is 3.74. The van der Waals surface area contributed by atoms with Crippen LogP contribution >= 0.6 is 0 Å². The number of nitrogens with zero attached hydrogens (tertiary/aromatic N) is 1. The lowest BCUT2D eigenvalue weighted by Crippen LogP contribution is -2.50. The van der Waals surface area contributed by atoms with Crippen LogP contribution in [0.15, 0.2) is 45.6 Å². The van der Waals surface area contributed by atoms with Crippen LogP contribution in [0.1, 0.15) is 37.2 Å². The van der Waals surface area contributed by atoms with Crippen LogP contribution in [-0.4, -0.2) is 29.7 Å². The maximum Gasteiger partial charge on any atom is 0.318 e. The third-order valence-corrected chi connectivity index (χ3v) is 5.23. The van der Waals surface area contributed by atoms with Gasteiger partial charge in [0.1, 0.15) is 11.5 Å². The second-order valence-electron chi connectivity index (χ2n) is 6.86. The number of hydrogen-bond donors (Lipinski definition) is 1. The Hall–Kier alpha value is -2.21. The predicted octanol–water partition coefficient (Wildman–Crippen LogP) is 3.54. The van der Waals surface area contributed by atoms with E-state index in [1.54, 1.807) is 17.4 Å². The molecule has 3 atom stereocenters. The number of carbonyl (C=O) groups is 1. The van der Waals surface area contributed by atoms with E-state index in [2.05, 4.69) is 5.32 Å². The van der Waals surface area contributed by atoms with Gasteiger partial charge in [-0.2, -0.15) is 0 Å². The first kappa shape index (κ1) is 16.3. The Morgan fingerprint density at radius 2 is 1.80 bits per heavy atom. The van der Waals surface area contributed by atoms with Crippen LogP contribution in [0.4, 0.5) is 4.79 Å². The number of hydrogen-bond acceptors (Lipinski definition) is 4. The highest BCUT2D eigenvalue weighted by Gasteiger charge is 2.38. The number of urea groups is 1. The lowest BCUT2D eigenvalue weighted by atomic mass is 9.82. The number of rotatable bonds is 5. The van der Waals surface area contributed by atoms with Gasteiger partial charge in [0.2, 0.25) is 0 Å². The summed E-state index contributed by atoms with van der Waals surface area (Å²) in [6.07, 6.45) is 7.82. The Bertz CT molecular complexity index is 631. The van der Waals surface area contributed by atoms with Gasteiger partial charge in [-0.3, -0.25) is 0 Å². The maximum atomic E-state index is 12.9. The Morgan fingerprint density at radius 3 is 2.44 bits per heavy atom. The molecule has 1 saturated heterocycles. The Kier molecular flexibility index (Phi) is 4.78. The fraction of sp³-hybridized carbons (Fsp3) is 0.526. The molecule has 3 heterocycles. The molecule has 0 radical (unpaired) electrons. The zero-order chi connectivity index (χ0) is 17.1. The number of amides is 2. The van der Waals surface area contributed by atoms with Crippen LogP contribution in [0.25, 0.3) is 0 Å². The normalized spacial score (nSPS) is 25.5. The van der Waals surface area contributed by atoms with Crippen molar-refractivity contribution in [2.24, 2.45) is 5.92 Å². The summed E-state index contributed by atoms with van der Waals surface area (Å²) < 4.78 is 16.6. The summed E-state index contributed by atoms with van der Waals surface area (Å²) >= 11 is 0. The van der Waals surface area contributed by atoms with E-state index < -0.39 is 0 Å². The first-order valence-electron chi connectivity index (χ1n) is 9.01. The topological polar surface area (TPSA) is 67.8 Å². The molecule has 1 aliphatic carbocycles. The van der Waals surface area contributed by atoms with E-state index in [-0.39, 0.29) is 12.1 Å². The van der Waals surface area contributed by atoms with Gasteiger partial charge in [-0.25, -0.2) is 4.79 Å². The zero-order valence-corrected chi connectivity index (χ0v) is 14.2. The van der Waals surface area contributed by atoms with Gasteiger partial charge < -0.3 is 23.8 Å². The monoisotopic (exact) mass is 344 g/mol. The molecule has 0 aromatic carbocycles. The van der Waals surface area contributed by atoms with Gasteiger partial charge in [0.15, 0.2) is 0 Å². The first-order valence-corrected chi connectivity index (χ1v) is 9.01. The molecule has 1 aliphatic heterocycles. The summed E-state index contributed by atoms with van der Waals surface area (Å²) in [4.78, 5) is 14.7. The van der Waals surface area contributed by atoms with Crippen LogP contribution in [0.5, 0.6) is 0 Å². The molecule has 25 heavy (non-hydrogen) atoms. The van der Waals surface area contributed by atoms with Gasteiger partial charge in [0.05, 0.1) is 31.7 Å². The van der Waals surface area contributed by atoms with Gasteiger partial charge in [0.25, 0.3) is 0 Å². The van der Waals surface area contributed by atoms with Crippen molar-refractivity contribution in [3.8, 4) is 0 Å². The minimum absolute atomic E-state index is 0.0784. The summed E-state index contributed by atoms with van der Waals surface area (Å²) in [6, 6.07) is 7.53. The maximum absolute atomic E-state index is 12.9. The number of carbonyl (C=O) groups excluding carboxylic acids is 1. The van der Waals surface area contributed by atoms with Crippen LogP contribution in [0, 0.1) is 5.92 Å². The van der Waals surface area contributed by atoms with Crippen LogP contribution < -0.4 is 5.32 Å². The molecule has 6 heteroatoms. The summed E-state index contributed by atoms with van der Waals surface area (Å²) in [5.74, 6) is 1.95. The lowest BCUT2D eigenvalue weighted by molar-refractivity contribution is 0.0534. The van der Waals surface area contributed by atoms with E-state index in [1.807, 2.05) is 24.3 Å². The molecule has 2 aromatic heterocycles. The fourth-order valence-electron chi connectivity index (χ4n) is 3.99. The average molecular weight is 344 g/mol. The molecule has 0 bridgehead atoms. The summed E-state index contributed by atoms with van der Waals surface area (Å²) in [5.41, 5.74) is 0. The molecule has 6 nitrogen and oxygen atoms in total. The van der Waals surface area contributed by atoms with Crippen molar-refractivity contribution >= 4 is 6.03 Å². The SMILES string of the molecule is O=C(N[C@@H]1CCC[C@H]2OCC[C@H]12)N(Cc1ccco1)Cc1ccco1. The molecule has 2 amide bonds. The highest BCUT2D eigenvalue weighted by atomic mass is 16.5. The van der Waals surface area contributed by atoms with E-state index in [0.717, 1.165) is 43.8 Å². The van der Waals surface area contributed by atoms with Crippen molar-refractivity contribution in [3.63, 3.8) is 0 Å². The Labute approximate surface area is 147 Å². The number of fused-ring (bicyclic) bond motifs is 1. The van der Waals surface area contributed by atoms with E-state index in [4.69, 9.17) is 13.6 Å². The van der Waals surface area contributed by atoms with Crippen LogP contribution in [0.3, 0.4) is 0 Å². The lowest BCUT2D eigenvalue weighted by Gasteiger charge is -2.34. The molecule has 1 saturated carbocycles. The molecule has 1 N–H and O–H groups in total. The quantitative estimate of drug-likeness (QED) is 0.901. The number of ether oxygens (including phenoxy) is 1. The molecule has 2 fully saturated rings. The van der Waals surface area contributed by atoms with Gasteiger partial charge in [-0.1, -0.05) is 0 Å². The van der Waals surface area contributed by atoms with Crippen molar-refractivity contribution in [2.45, 2.75) is 50.9 Å². The van der Waals surface area contributed by atoms with Crippen LogP contribution in [-0.2, 0) is 17.8 Å². The number of furan rings is 2. The molecule has 2 aliphatic rings. The van der Waals surface area contributed by atoms with E-state index in [0.29, 0.717) is 25.1 Å². The molecular weight excluding hydrogens is 320 g/mol. The molecule has 0 unspecified atom stereocenters. The van der Waals surface area contributed by atoms with Crippen molar-refractivity contribution in [3.05, 3.63) is 48.3 Å². The summed E-state index contributed by atoms with van der Waals surface area (Å²) in [6.45, 7) is 1.64. The molecule has 134 valence electrons.